The van der Waals surface area contributed by atoms with E-state index >= 15 is 0 Å². The van der Waals surface area contributed by atoms with Gasteiger partial charge in [0.1, 0.15) is 0 Å². The fourth-order valence-corrected chi connectivity index (χ4v) is 3.85. The van der Waals surface area contributed by atoms with Gasteiger partial charge in [0.2, 0.25) is 0 Å². The highest BCUT2D eigenvalue weighted by Crippen LogP contribution is 2.27. The quantitative estimate of drug-likeness (QED) is 0.476. The normalized spacial score (nSPS) is 11.0. The van der Waals surface area contributed by atoms with E-state index in [2.05, 4.69) is 66.3 Å². The Kier molecular flexibility index (Phi) is 5.53. The number of nitrogens with zero attached hydrogens (tertiary/aromatic N) is 3. The van der Waals surface area contributed by atoms with Gasteiger partial charge in [0, 0.05) is 24.2 Å². The van der Waals surface area contributed by atoms with E-state index in [1.807, 2.05) is 35.0 Å². The summed E-state index contributed by atoms with van der Waals surface area (Å²) in [6.45, 7) is 5.98. The summed E-state index contributed by atoms with van der Waals surface area (Å²) in [7, 11) is 0. The van der Waals surface area contributed by atoms with Crippen LogP contribution in [0.3, 0.4) is 0 Å². The average Bonchev–Trinajstić information content (AvgIpc) is 3.10. The Labute approximate surface area is 176 Å². The molecule has 30 heavy (non-hydrogen) atoms. The van der Waals surface area contributed by atoms with Crippen molar-refractivity contribution in [1.82, 2.24) is 9.78 Å². The van der Waals surface area contributed by atoms with Gasteiger partial charge < -0.3 is 10.0 Å². The Hall–Kier alpha value is -3.60. The molecule has 5 heteroatoms. The van der Waals surface area contributed by atoms with Gasteiger partial charge in [-0.25, -0.2) is 4.68 Å². The summed E-state index contributed by atoms with van der Waals surface area (Å²) in [6.07, 6.45) is -0.0919. The zero-order valence-corrected chi connectivity index (χ0v) is 17.2. The number of carbonyl (C=O) groups is 1. The second-order valence-electron chi connectivity index (χ2n) is 7.42. The van der Waals surface area contributed by atoms with Crippen LogP contribution < -0.4 is 4.90 Å². The molecular weight excluding hydrogens is 374 g/mol. The first-order valence-electron chi connectivity index (χ1n) is 10.1. The summed E-state index contributed by atoms with van der Waals surface area (Å²) >= 11 is 0. The maximum atomic E-state index is 11.3. The van der Waals surface area contributed by atoms with Gasteiger partial charge in [-0.3, -0.25) is 4.79 Å². The molecule has 0 saturated heterocycles. The van der Waals surface area contributed by atoms with Crippen LogP contribution in [-0.2, 0) is 17.8 Å². The minimum atomic E-state index is -0.878. The number of carboxylic acid groups (broad SMARTS) is 1. The molecule has 0 aliphatic carbocycles. The minimum absolute atomic E-state index is 0.0919. The summed E-state index contributed by atoms with van der Waals surface area (Å²) in [5.74, 6) is -0.878. The zero-order chi connectivity index (χ0) is 21.1. The Balaban J connectivity index is 1.71. The number of aryl methyl sites for hydroxylation is 1. The number of aromatic nitrogens is 2. The summed E-state index contributed by atoms with van der Waals surface area (Å²) in [4.78, 5) is 13.6. The molecule has 0 radical (unpaired) electrons. The van der Waals surface area contributed by atoms with Crippen molar-refractivity contribution in [2.45, 2.75) is 26.8 Å². The predicted octanol–water partition coefficient (Wildman–Crippen LogP) is 4.99. The van der Waals surface area contributed by atoms with Crippen LogP contribution >= 0.6 is 0 Å². The summed E-state index contributed by atoms with van der Waals surface area (Å²) < 4.78 is 1.86. The molecule has 0 bridgehead atoms. The SMILES string of the molecule is CCN(Cc1ccccc1)c1ccc(-n2nc(CC(=O)O)c3ccccc32)c(C)c1. The van der Waals surface area contributed by atoms with Crippen molar-refractivity contribution in [1.29, 1.82) is 0 Å². The van der Waals surface area contributed by atoms with Crippen molar-refractivity contribution >= 4 is 22.6 Å². The number of hydrogen-bond donors (Lipinski definition) is 1. The molecule has 4 rings (SSSR count). The third-order valence-electron chi connectivity index (χ3n) is 5.35. The van der Waals surface area contributed by atoms with Gasteiger partial charge >= 0.3 is 5.97 Å². The Morgan fingerprint density at radius 3 is 2.47 bits per heavy atom. The van der Waals surface area contributed by atoms with Crippen LogP contribution in [-0.4, -0.2) is 27.4 Å². The van der Waals surface area contributed by atoms with Crippen molar-refractivity contribution in [2.24, 2.45) is 0 Å². The van der Waals surface area contributed by atoms with E-state index in [1.54, 1.807) is 0 Å². The van der Waals surface area contributed by atoms with E-state index in [-0.39, 0.29) is 6.42 Å². The number of anilines is 1. The lowest BCUT2D eigenvalue weighted by atomic mass is 10.1. The molecule has 0 unspecified atom stereocenters. The van der Waals surface area contributed by atoms with Crippen molar-refractivity contribution in [3.63, 3.8) is 0 Å². The van der Waals surface area contributed by atoms with E-state index in [9.17, 15) is 9.90 Å². The van der Waals surface area contributed by atoms with Crippen LogP contribution in [0, 0.1) is 6.92 Å². The standard InChI is InChI=1S/C25H25N3O2/c1-3-27(17-19-9-5-4-6-10-19)20-13-14-23(18(2)15-20)28-24-12-8-7-11-21(24)22(26-28)16-25(29)30/h4-15H,3,16-17H2,1-2H3,(H,29,30). The first-order chi connectivity index (χ1) is 14.6. The summed E-state index contributed by atoms with van der Waals surface area (Å²) in [5, 5.41) is 14.8. The van der Waals surface area contributed by atoms with E-state index in [1.165, 1.54) is 5.56 Å². The lowest BCUT2D eigenvalue weighted by Crippen LogP contribution is -2.22. The van der Waals surface area contributed by atoms with E-state index < -0.39 is 5.97 Å². The third-order valence-corrected chi connectivity index (χ3v) is 5.35. The van der Waals surface area contributed by atoms with E-state index in [4.69, 9.17) is 0 Å². The van der Waals surface area contributed by atoms with Crippen molar-refractivity contribution < 1.29 is 9.90 Å². The molecule has 0 atom stereocenters. The largest absolute Gasteiger partial charge is 0.481 e. The molecule has 1 heterocycles. The molecule has 0 aliphatic rings. The van der Waals surface area contributed by atoms with Gasteiger partial charge in [0.25, 0.3) is 0 Å². The lowest BCUT2D eigenvalue weighted by molar-refractivity contribution is -0.136. The van der Waals surface area contributed by atoms with Gasteiger partial charge in [-0.15, -0.1) is 0 Å². The first kappa shape index (κ1) is 19.7. The summed E-state index contributed by atoms with van der Waals surface area (Å²) in [6, 6.07) is 24.6. The van der Waals surface area contributed by atoms with E-state index in [0.717, 1.165) is 40.9 Å². The lowest BCUT2D eigenvalue weighted by Gasteiger charge is -2.24. The van der Waals surface area contributed by atoms with Crippen molar-refractivity contribution in [3.05, 3.63) is 89.6 Å². The highest BCUT2D eigenvalue weighted by molar-refractivity contribution is 5.87. The highest BCUT2D eigenvalue weighted by atomic mass is 16.4. The zero-order valence-electron chi connectivity index (χ0n) is 17.2. The van der Waals surface area contributed by atoms with Crippen LogP contribution in [0.15, 0.2) is 72.8 Å². The number of rotatable bonds is 7. The van der Waals surface area contributed by atoms with Gasteiger partial charge in [-0.05, 0) is 49.2 Å². The molecule has 4 aromatic rings. The van der Waals surface area contributed by atoms with Gasteiger partial charge in [0.05, 0.1) is 23.3 Å². The smallest absolute Gasteiger partial charge is 0.309 e. The second-order valence-corrected chi connectivity index (χ2v) is 7.42. The first-order valence-corrected chi connectivity index (χ1v) is 10.1. The summed E-state index contributed by atoms with van der Waals surface area (Å²) in [5.41, 5.74) is 5.99. The molecule has 3 aromatic carbocycles. The number of hydrogen-bond acceptors (Lipinski definition) is 3. The van der Waals surface area contributed by atoms with Crippen molar-refractivity contribution in [2.75, 3.05) is 11.4 Å². The van der Waals surface area contributed by atoms with Crippen LogP contribution in [0.4, 0.5) is 5.69 Å². The van der Waals surface area contributed by atoms with Crippen LogP contribution in [0.25, 0.3) is 16.6 Å². The van der Waals surface area contributed by atoms with Gasteiger partial charge in [0.15, 0.2) is 0 Å². The monoisotopic (exact) mass is 399 g/mol. The topological polar surface area (TPSA) is 58.4 Å². The Bertz CT molecular complexity index is 1180. The molecule has 0 aliphatic heterocycles. The molecule has 1 N–H and O–H groups in total. The number of fused-ring (bicyclic) bond motifs is 1. The molecule has 0 fully saturated rings. The Morgan fingerprint density at radius 1 is 1.03 bits per heavy atom. The highest BCUT2D eigenvalue weighted by Gasteiger charge is 2.16. The molecule has 152 valence electrons. The maximum Gasteiger partial charge on any atom is 0.309 e. The minimum Gasteiger partial charge on any atom is -0.481 e. The van der Waals surface area contributed by atoms with Crippen LogP contribution in [0.2, 0.25) is 0 Å². The van der Waals surface area contributed by atoms with Crippen LogP contribution in [0.5, 0.6) is 0 Å². The molecule has 1 aromatic heterocycles. The van der Waals surface area contributed by atoms with Crippen LogP contribution in [0.1, 0.15) is 23.7 Å². The average molecular weight is 399 g/mol. The van der Waals surface area contributed by atoms with Crippen molar-refractivity contribution in [3.8, 4) is 5.69 Å². The number of para-hydroxylation sites is 1. The maximum absolute atomic E-state index is 11.3. The van der Waals surface area contributed by atoms with E-state index in [0.29, 0.717) is 5.69 Å². The Morgan fingerprint density at radius 2 is 1.77 bits per heavy atom. The fraction of sp³-hybridized carbons (Fsp3) is 0.200. The predicted molar refractivity (Wildman–Crippen MR) is 120 cm³/mol. The molecule has 0 spiro atoms. The second kappa shape index (κ2) is 8.41. The molecule has 0 amide bonds. The van der Waals surface area contributed by atoms with Gasteiger partial charge in [-0.1, -0.05) is 48.5 Å². The molecule has 5 nitrogen and oxygen atoms in total. The number of carboxylic acids is 1. The number of aliphatic carboxylic acids is 1. The molecular formula is C25H25N3O2. The van der Waals surface area contributed by atoms with Gasteiger partial charge in [-0.2, -0.15) is 5.10 Å². The fourth-order valence-electron chi connectivity index (χ4n) is 3.85. The molecule has 0 saturated carbocycles. The third kappa shape index (κ3) is 3.92. The number of benzene rings is 3.